The number of piperidine rings is 1. The van der Waals surface area contributed by atoms with Gasteiger partial charge in [0, 0.05) is 42.4 Å². The topological polar surface area (TPSA) is 79.0 Å². The van der Waals surface area contributed by atoms with Gasteiger partial charge in [-0.1, -0.05) is 51.1 Å². The highest BCUT2D eigenvalue weighted by Crippen LogP contribution is 2.41. The number of hydrogen-bond acceptors (Lipinski definition) is 5. The molecular weight excluding hydrogens is 462 g/mol. The van der Waals surface area contributed by atoms with Crippen LogP contribution in [0.25, 0.3) is 10.4 Å². The van der Waals surface area contributed by atoms with Crippen molar-refractivity contribution in [1.29, 1.82) is 0 Å². The molecule has 1 aromatic heterocycles. The zero-order valence-electron chi connectivity index (χ0n) is 21.1. The summed E-state index contributed by atoms with van der Waals surface area (Å²) in [6.07, 6.45) is 1.24. The highest BCUT2D eigenvalue weighted by Gasteiger charge is 2.34. The summed E-state index contributed by atoms with van der Waals surface area (Å²) in [6, 6.07) is 9.96. The number of nitrogens with zero attached hydrogens (tertiary/aromatic N) is 2. The molecule has 0 aliphatic carbocycles. The van der Waals surface area contributed by atoms with Gasteiger partial charge in [0.2, 0.25) is 11.8 Å². The molecule has 0 spiro atoms. The predicted molar refractivity (Wildman–Crippen MR) is 139 cm³/mol. The number of hydrogen-bond donors (Lipinski definition) is 1. The summed E-state index contributed by atoms with van der Waals surface area (Å²) in [6.45, 7) is 11.0. The molecule has 0 radical (unpaired) electrons. The first-order valence-corrected chi connectivity index (χ1v) is 13.1. The molecule has 2 aromatic rings. The second-order valence-electron chi connectivity index (χ2n) is 10.3. The van der Waals surface area contributed by atoms with Crippen LogP contribution in [-0.2, 0) is 14.3 Å². The summed E-state index contributed by atoms with van der Waals surface area (Å²) in [7, 11) is 0. The standard InChI is InChI=1S/C27H35N3O4S/c1-18-21(25(32)29-14-16-34-17-15-29)24(35-22(18)19-8-6-5-7-9-19)28-23(31)20-10-12-30(13-11-20)26(33)27(2,3)4/h5-9,20H,10-17H2,1-4H3,(H,28,31). The summed E-state index contributed by atoms with van der Waals surface area (Å²) in [4.78, 5) is 44.1. The Labute approximate surface area is 211 Å². The van der Waals surface area contributed by atoms with Crippen molar-refractivity contribution >= 4 is 34.1 Å². The number of amides is 3. The lowest BCUT2D eigenvalue weighted by atomic mass is 9.90. The number of rotatable bonds is 4. The van der Waals surface area contributed by atoms with Gasteiger partial charge < -0.3 is 19.9 Å². The van der Waals surface area contributed by atoms with Crippen LogP contribution < -0.4 is 5.32 Å². The molecule has 2 aliphatic rings. The van der Waals surface area contributed by atoms with Crippen LogP contribution in [0.3, 0.4) is 0 Å². The third kappa shape index (κ3) is 5.59. The van der Waals surface area contributed by atoms with Crippen LogP contribution in [-0.4, -0.2) is 66.9 Å². The number of benzene rings is 1. The van der Waals surface area contributed by atoms with Gasteiger partial charge in [0.05, 0.1) is 18.8 Å². The van der Waals surface area contributed by atoms with Crippen molar-refractivity contribution in [2.24, 2.45) is 11.3 Å². The SMILES string of the molecule is Cc1c(-c2ccccc2)sc(NC(=O)C2CCN(C(=O)C(C)(C)C)CC2)c1C(=O)N1CCOCC1. The first-order valence-electron chi connectivity index (χ1n) is 12.3. The average molecular weight is 498 g/mol. The van der Waals surface area contributed by atoms with Gasteiger partial charge in [-0.05, 0) is 30.9 Å². The molecule has 2 saturated heterocycles. The molecule has 1 N–H and O–H groups in total. The van der Waals surface area contributed by atoms with Gasteiger partial charge in [0.15, 0.2) is 0 Å². The van der Waals surface area contributed by atoms with Gasteiger partial charge in [-0.15, -0.1) is 11.3 Å². The quantitative estimate of drug-likeness (QED) is 0.678. The number of carbonyl (C=O) groups is 3. The monoisotopic (exact) mass is 497 g/mol. The molecule has 2 fully saturated rings. The van der Waals surface area contributed by atoms with Gasteiger partial charge in [-0.25, -0.2) is 0 Å². The Kier molecular flexibility index (Phi) is 7.62. The second-order valence-corrected chi connectivity index (χ2v) is 11.4. The maximum atomic E-state index is 13.5. The molecule has 3 heterocycles. The highest BCUT2D eigenvalue weighted by atomic mass is 32.1. The minimum atomic E-state index is -0.424. The lowest BCUT2D eigenvalue weighted by Gasteiger charge is -2.35. The number of thiophene rings is 1. The molecular formula is C27H35N3O4S. The molecule has 4 rings (SSSR count). The van der Waals surface area contributed by atoms with E-state index in [1.807, 2.05) is 62.9 Å². The van der Waals surface area contributed by atoms with Crippen LogP contribution in [0.2, 0.25) is 0 Å². The van der Waals surface area contributed by atoms with Gasteiger partial charge in [0.1, 0.15) is 5.00 Å². The highest BCUT2D eigenvalue weighted by molar-refractivity contribution is 7.20. The Morgan fingerprint density at radius 2 is 1.60 bits per heavy atom. The minimum Gasteiger partial charge on any atom is -0.378 e. The van der Waals surface area contributed by atoms with E-state index >= 15 is 0 Å². The van der Waals surface area contributed by atoms with Crippen LogP contribution in [0.15, 0.2) is 30.3 Å². The van der Waals surface area contributed by atoms with Crippen LogP contribution >= 0.6 is 11.3 Å². The molecule has 0 saturated carbocycles. The van der Waals surface area contributed by atoms with Gasteiger partial charge in [-0.3, -0.25) is 14.4 Å². The first-order chi connectivity index (χ1) is 16.7. The van der Waals surface area contributed by atoms with Crippen LogP contribution in [0, 0.1) is 18.3 Å². The van der Waals surface area contributed by atoms with Crippen LogP contribution in [0.5, 0.6) is 0 Å². The number of morpholine rings is 1. The van der Waals surface area contributed by atoms with E-state index in [2.05, 4.69) is 5.32 Å². The largest absolute Gasteiger partial charge is 0.378 e. The fourth-order valence-corrected chi connectivity index (χ4v) is 5.89. The molecule has 35 heavy (non-hydrogen) atoms. The van der Waals surface area contributed by atoms with Crippen LogP contribution in [0.1, 0.15) is 49.5 Å². The van der Waals surface area contributed by atoms with Crippen molar-refractivity contribution in [3.63, 3.8) is 0 Å². The summed E-state index contributed by atoms with van der Waals surface area (Å²) >= 11 is 1.46. The van der Waals surface area contributed by atoms with Crippen molar-refractivity contribution in [1.82, 2.24) is 9.80 Å². The van der Waals surface area contributed by atoms with Crippen molar-refractivity contribution in [3.8, 4) is 10.4 Å². The maximum Gasteiger partial charge on any atom is 0.257 e. The molecule has 188 valence electrons. The molecule has 7 nitrogen and oxygen atoms in total. The molecule has 3 amide bonds. The summed E-state index contributed by atoms with van der Waals surface area (Å²) in [5.41, 5.74) is 2.06. The third-order valence-electron chi connectivity index (χ3n) is 6.73. The average Bonchev–Trinajstić information content (AvgIpc) is 3.19. The zero-order chi connectivity index (χ0) is 25.2. The normalized spacial score (nSPS) is 17.4. The van der Waals surface area contributed by atoms with Crippen LogP contribution in [0.4, 0.5) is 5.00 Å². The fraction of sp³-hybridized carbons (Fsp3) is 0.519. The van der Waals surface area contributed by atoms with E-state index in [9.17, 15) is 14.4 Å². The Hall–Kier alpha value is -2.71. The third-order valence-corrected chi connectivity index (χ3v) is 7.98. The Balaban J connectivity index is 1.55. The van der Waals surface area contributed by atoms with Gasteiger partial charge in [0.25, 0.3) is 5.91 Å². The Bertz CT molecular complexity index is 1080. The molecule has 0 bridgehead atoms. The van der Waals surface area contributed by atoms with Crippen molar-refractivity contribution < 1.29 is 19.1 Å². The lowest BCUT2D eigenvalue weighted by Crippen LogP contribution is -2.45. The van der Waals surface area contributed by atoms with Gasteiger partial charge >= 0.3 is 0 Å². The van der Waals surface area contributed by atoms with Crippen molar-refractivity contribution in [2.45, 2.75) is 40.5 Å². The maximum absolute atomic E-state index is 13.5. The Morgan fingerprint density at radius 1 is 0.971 bits per heavy atom. The molecule has 1 aromatic carbocycles. The number of anilines is 1. The minimum absolute atomic E-state index is 0.0647. The van der Waals surface area contributed by atoms with Gasteiger partial charge in [-0.2, -0.15) is 0 Å². The number of nitrogens with one attached hydrogen (secondary N) is 1. The number of likely N-dealkylation sites (tertiary alicyclic amines) is 1. The van der Waals surface area contributed by atoms with E-state index in [1.165, 1.54) is 11.3 Å². The van der Waals surface area contributed by atoms with E-state index in [1.54, 1.807) is 4.90 Å². The van der Waals surface area contributed by atoms with Crippen molar-refractivity contribution in [3.05, 3.63) is 41.5 Å². The zero-order valence-corrected chi connectivity index (χ0v) is 21.9. The second kappa shape index (κ2) is 10.5. The molecule has 8 heteroatoms. The molecule has 2 aliphatic heterocycles. The number of carbonyl (C=O) groups excluding carboxylic acids is 3. The summed E-state index contributed by atoms with van der Waals surface area (Å²) in [5, 5.41) is 3.71. The molecule has 0 atom stereocenters. The first kappa shape index (κ1) is 25.4. The Morgan fingerprint density at radius 3 is 2.20 bits per heavy atom. The smallest absolute Gasteiger partial charge is 0.257 e. The predicted octanol–water partition coefficient (Wildman–Crippen LogP) is 4.42. The van der Waals surface area contributed by atoms with E-state index in [0.29, 0.717) is 62.8 Å². The van der Waals surface area contributed by atoms with E-state index in [-0.39, 0.29) is 23.6 Å². The van der Waals surface area contributed by atoms with E-state index < -0.39 is 5.41 Å². The lowest BCUT2D eigenvalue weighted by molar-refractivity contribution is -0.142. The summed E-state index contributed by atoms with van der Waals surface area (Å²) in [5.74, 6) is -0.209. The fourth-order valence-electron chi connectivity index (χ4n) is 4.68. The van der Waals surface area contributed by atoms with E-state index in [4.69, 9.17) is 4.74 Å². The summed E-state index contributed by atoms with van der Waals surface area (Å²) < 4.78 is 5.42. The number of ether oxygens (including phenoxy) is 1. The van der Waals surface area contributed by atoms with E-state index in [0.717, 1.165) is 16.0 Å². The molecule has 0 unspecified atom stereocenters. The van der Waals surface area contributed by atoms with Crippen molar-refractivity contribution in [2.75, 3.05) is 44.7 Å².